The molecule has 0 aliphatic heterocycles. The first-order valence-corrected chi connectivity index (χ1v) is 5.67. The summed E-state index contributed by atoms with van der Waals surface area (Å²) >= 11 is 0. The van der Waals surface area contributed by atoms with Crippen molar-refractivity contribution in [2.45, 2.75) is 20.8 Å². The molecule has 98 valence electrons. The van der Waals surface area contributed by atoms with Gasteiger partial charge in [-0.2, -0.15) is 10.2 Å². The van der Waals surface area contributed by atoms with Crippen molar-refractivity contribution in [1.29, 1.82) is 0 Å². The highest BCUT2D eigenvalue weighted by molar-refractivity contribution is 5.96. The van der Waals surface area contributed by atoms with E-state index in [-0.39, 0.29) is 12.5 Å². The van der Waals surface area contributed by atoms with Gasteiger partial charge in [0.25, 0.3) is 5.91 Å². The number of carbonyl (C=O) groups excluding carboxylic acids is 2. The summed E-state index contributed by atoms with van der Waals surface area (Å²) in [5.41, 5.74) is 1.66. The van der Waals surface area contributed by atoms with Crippen molar-refractivity contribution in [2.75, 3.05) is 20.2 Å². The molecule has 0 fully saturated rings. The minimum Gasteiger partial charge on any atom is -0.465 e. The SMILES string of the molecule is CCOC(=O)CN(C)C(=O)c1cc(C)nnc1C. The highest BCUT2D eigenvalue weighted by atomic mass is 16.5. The number of rotatable bonds is 4. The van der Waals surface area contributed by atoms with E-state index in [1.54, 1.807) is 33.9 Å². The molecule has 6 heteroatoms. The zero-order chi connectivity index (χ0) is 13.7. The molecule has 1 aromatic heterocycles. The van der Waals surface area contributed by atoms with Gasteiger partial charge in [-0.1, -0.05) is 0 Å². The standard InChI is InChI=1S/C12H17N3O3/c1-5-18-11(16)7-15(4)12(17)10-6-8(2)13-14-9(10)3/h6H,5,7H2,1-4H3. The molecule has 0 N–H and O–H groups in total. The molecular weight excluding hydrogens is 234 g/mol. The minimum absolute atomic E-state index is 0.0759. The number of aromatic nitrogens is 2. The second-order valence-corrected chi connectivity index (χ2v) is 3.95. The molecule has 0 aliphatic carbocycles. The molecule has 1 amide bonds. The van der Waals surface area contributed by atoms with E-state index in [9.17, 15) is 9.59 Å². The van der Waals surface area contributed by atoms with Crippen LogP contribution < -0.4 is 0 Å². The Hall–Kier alpha value is -1.98. The van der Waals surface area contributed by atoms with Crippen LogP contribution in [0.4, 0.5) is 0 Å². The van der Waals surface area contributed by atoms with Crippen LogP contribution in [0.5, 0.6) is 0 Å². The van der Waals surface area contributed by atoms with Crippen LogP contribution in [-0.2, 0) is 9.53 Å². The quantitative estimate of drug-likeness (QED) is 0.737. The zero-order valence-electron chi connectivity index (χ0n) is 11.1. The first-order chi connectivity index (χ1) is 8.45. The van der Waals surface area contributed by atoms with Gasteiger partial charge >= 0.3 is 5.97 Å². The Balaban J connectivity index is 2.80. The van der Waals surface area contributed by atoms with Gasteiger partial charge in [-0.05, 0) is 26.8 Å². The van der Waals surface area contributed by atoms with Gasteiger partial charge in [0.05, 0.1) is 23.6 Å². The average Bonchev–Trinajstić information content (AvgIpc) is 2.31. The van der Waals surface area contributed by atoms with E-state index in [0.717, 1.165) is 0 Å². The number of carbonyl (C=O) groups is 2. The largest absolute Gasteiger partial charge is 0.465 e. The van der Waals surface area contributed by atoms with E-state index in [1.807, 2.05) is 0 Å². The molecule has 0 saturated heterocycles. The van der Waals surface area contributed by atoms with Gasteiger partial charge in [-0.15, -0.1) is 0 Å². The van der Waals surface area contributed by atoms with E-state index in [4.69, 9.17) is 4.74 Å². The molecule has 0 unspecified atom stereocenters. The molecule has 0 atom stereocenters. The predicted octanol–water partition coefficient (Wildman–Crippen LogP) is 0.729. The fourth-order valence-corrected chi connectivity index (χ4v) is 1.44. The lowest BCUT2D eigenvalue weighted by atomic mass is 10.2. The Labute approximate surface area is 106 Å². The van der Waals surface area contributed by atoms with Crippen LogP contribution in [0, 0.1) is 13.8 Å². The summed E-state index contributed by atoms with van der Waals surface area (Å²) in [7, 11) is 1.55. The summed E-state index contributed by atoms with van der Waals surface area (Å²) in [5.74, 6) is -0.691. The fraction of sp³-hybridized carbons (Fsp3) is 0.500. The van der Waals surface area contributed by atoms with Crippen LogP contribution >= 0.6 is 0 Å². The number of amides is 1. The van der Waals surface area contributed by atoms with Gasteiger partial charge in [-0.3, -0.25) is 9.59 Å². The number of ether oxygens (including phenoxy) is 1. The highest BCUT2D eigenvalue weighted by Gasteiger charge is 2.18. The summed E-state index contributed by atoms with van der Waals surface area (Å²) in [6, 6.07) is 1.66. The second-order valence-electron chi connectivity index (χ2n) is 3.95. The number of esters is 1. The number of hydrogen-bond acceptors (Lipinski definition) is 5. The Morgan fingerprint density at radius 3 is 2.61 bits per heavy atom. The predicted molar refractivity (Wildman–Crippen MR) is 65.1 cm³/mol. The van der Waals surface area contributed by atoms with Crippen molar-refractivity contribution in [1.82, 2.24) is 15.1 Å². The molecule has 0 aliphatic rings. The summed E-state index contributed by atoms with van der Waals surface area (Å²) < 4.78 is 4.79. The molecule has 1 heterocycles. The fourth-order valence-electron chi connectivity index (χ4n) is 1.44. The number of hydrogen-bond donors (Lipinski definition) is 0. The lowest BCUT2D eigenvalue weighted by molar-refractivity contribution is -0.143. The first kappa shape index (κ1) is 14.1. The molecule has 0 saturated carbocycles. The number of aryl methyl sites for hydroxylation is 2. The molecule has 0 bridgehead atoms. The Bertz CT molecular complexity index is 460. The van der Waals surface area contributed by atoms with Gasteiger partial charge in [0, 0.05) is 7.05 Å². The average molecular weight is 251 g/mol. The number of nitrogens with zero attached hydrogens (tertiary/aromatic N) is 3. The highest BCUT2D eigenvalue weighted by Crippen LogP contribution is 2.08. The summed E-state index contributed by atoms with van der Waals surface area (Å²) in [6.45, 7) is 5.41. The molecule has 1 aromatic rings. The van der Waals surface area contributed by atoms with Gasteiger partial charge in [0.1, 0.15) is 6.54 Å². The Morgan fingerprint density at radius 2 is 2.00 bits per heavy atom. The van der Waals surface area contributed by atoms with E-state index < -0.39 is 5.97 Å². The topological polar surface area (TPSA) is 72.4 Å². The second kappa shape index (κ2) is 6.09. The molecule has 0 aromatic carbocycles. The third-order valence-corrected chi connectivity index (χ3v) is 2.35. The van der Waals surface area contributed by atoms with Gasteiger partial charge in [0.15, 0.2) is 0 Å². The third kappa shape index (κ3) is 3.51. The maximum absolute atomic E-state index is 12.1. The van der Waals surface area contributed by atoms with E-state index in [0.29, 0.717) is 23.6 Å². The molecule has 18 heavy (non-hydrogen) atoms. The maximum Gasteiger partial charge on any atom is 0.325 e. The van der Waals surface area contributed by atoms with Crippen LogP contribution in [0.3, 0.4) is 0 Å². The van der Waals surface area contributed by atoms with Crippen LogP contribution in [0.1, 0.15) is 28.7 Å². The van der Waals surface area contributed by atoms with Crippen molar-refractivity contribution in [3.8, 4) is 0 Å². The van der Waals surface area contributed by atoms with Gasteiger partial charge in [0.2, 0.25) is 0 Å². The van der Waals surface area contributed by atoms with Crippen LogP contribution in [0.25, 0.3) is 0 Å². The molecular formula is C12H17N3O3. The number of likely N-dealkylation sites (N-methyl/N-ethyl adjacent to an activating group) is 1. The molecule has 1 rings (SSSR count). The van der Waals surface area contributed by atoms with Crippen LogP contribution in [-0.4, -0.2) is 47.2 Å². The van der Waals surface area contributed by atoms with Gasteiger partial charge in [-0.25, -0.2) is 0 Å². The minimum atomic E-state index is -0.426. The van der Waals surface area contributed by atoms with E-state index >= 15 is 0 Å². The summed E-state index contributed by atoms with van der Waals surface area (Å²) in [4.78, 5) is 24.7. The smallest absolute Gasteiger partial charge is 0.325 e. The molecule has 6 nitrogen and oxygen atoms in total. The van der Waals surface area contributed by atoms with E-state index in [1.165, 1.54) is 4.90 Å². The van der Waals surface area contributed by atoms with Crippen molar-refractivity contribution in [2.24, 2.45) is 0 Å². The van der Waals surface area contributed by atoms with Crippen molar-refractivity contribution < 1.29 is 14.3 Å². The maximum atomic E-state index is 12.1. The molecule has 0 spiro atoms. The monoisotopic (exact) mass is 251 g/mol. The summed E-state index contributed by atoms with van der Waals surface area (Å²) in [5, 5.41) is 7.74. The first-order valence-electron chi connectivity index (χ1n) is 5.67. The van der Waals surface area contributed by atoms with Crippen LogP contribution in [0.15, 0.2) is 6.07 Å². The van der Waals surface area contributed by atoms with E-state index in [2.05, 4.69) is 10.2 Å². The Morgan fingerprint density at radius 1 is 1.33 bits per heavy atom. The van der Waals surface area contributed by atoms with Gasteiger partial charge < -0.3 is 9.64 Å². The lowest BCUT2D eigenvalue weighted by Gasteiger charge is -2.16. The van der Waals surface area contributed by atoms with Crippen molar-refractivity contribution in [3.63, 3.8) is 0 Å². The lowest BCUT2D eigenvalue weighted by Crippen LogP contribution is -2.33. The normalized spacial score (nSPS) is 10.0. The van der Waals surface area contributed by atoms with Crippen molar-refractivity contribution >= 4 is 11.9 Å². The Kier molecular flexibility index (Phi) is 4.76. The third-order valence-electron chi connectivity index (χ3n) is 2.35. The van der Waals surface area contributed by atoms with Crippen molar-refractivity contribution in [3.05, 3.63) is 23.0 Å². The zero-order valence-corrected chi connectivity index (χ0v) is 11.1. The molecule has 0 radical (unpaired) electrons. The van der Waals surface area contributed by atoms with Crippen LogP contribution in [0.2, 0.25) is 0 Å². The summed E-state index contributed by atoms with van der Waals surface area (Å²) in [6.07, 6.45) is 0.